The zero-order valence-electron chi connectivity index (χ0n) is 13.2. The number of aromatic hydroxyl groups is 2. The minimum atomic E-state index is -3.92. The van der Waals surface area contributed by atoms with E-state index in [0.29, 0.717) is 16.3 Å². The van der Waals surface area contributed by atoms with Crippen LogP contribution in [0.4, 0.5) is 5.69 Å². The van der Waals surface area contributed by atoms with Crippen molar-refractivity contribution in [3.63, 3.8) is 0 Å². The van der Waals surface area contributed by atoms with Gasteiger partial charge in [0.2, 0.25) is 0 Å². The topological polar surface area (TPSA) is 96.2 Å². The minimum absolute atomic E-state index is 0.0247. The van der Waals surface area contributed by atoms with Gasteiger partial charge in [-0.25, -0.2) is 0 Å². The number of para-hydroxylation sites is 1. The molecule has 0 aliphatic heterocycles. The summed E-state index contributed by atoms with van der Waals surface area (Å²) in [5.41, 5.74) is 0.709. The van der Waals surface area contributed by atoms with Gasteiger partial charge in [-0.05, 0) is 35.7 Å². The van der Waals surface area contributed by atoms with Gasteiger partial charge in [0.05, 0.1) is 17.7 Å². The third-order valence-corrected chi connectivity index (χ3v) is 4.95. The van der Waals surface area contributed by atoms with Crippen molar-refractivity contribution in [1.29, 1.82) is 0 Å². The van der Waals surface area contributed by atoms with Crippen LogP contribution in [0.25, 0.3) is 10.8 Å². The highest BCUT2D eigenvalue weighted by molar-refractivity contribution is 7.86. The van der Waals surface area contributed by atoms with Crippen molar-refractivity contribution in [3.05, 3.63) is 60.2 Å². The van der Waals surface area contributed by atoms with Crippen LogP contribution >= 0.6 is 0 Å². The lowest BCUT2D eigenvalue weighted by molar-refractivity contribution is 0.398. The SMILES string of the molecule is COS(=O)(=O)c1cc(N=Cc2ccccc2O)c2c(O)cccc2c1. The maximum Gasteiger partial charge on any atom is 0.296 e. The predicted octanol–water partition coefficient (Wildman–Crippen LogP) is 3.34. The fraction of sp³-hybridized carbons (Fsp3) is 0.0556. The van der Waals surface area contributed by atoms with Gasteiger partial charge in [-0.2, -0.15) is 8.42 Å². The molecule has 128 valence electrons. The monoisotopic (exact) mass is 357 g/mol. The van der Waals surface area contributed by atoms with E-state index in [1.165, 1.54) is 30.5 Å². The van der Waals surface area contributed by atoms with Crippen molar-refractivity contribution in [3.8, 4) is 11.5 Å². The third kappa shape index (κ3) is 3.33. The Balaban J connectivity index is 2.23. The molecule has 3 aromatic carbocycles. The lowest BCUT2D eigenvalue weighted by atomic mass is 10.1. The first-order valence-corrected chi connectivity index (χ1v) is 8.71. The maximum atomic E-state index is 12.0. The van der Waals surface area contributed by atoms with Crippen LogP contribution in [-0.4, -0.2) is 32.0 Å². The summed E-state index contributed by atoms with van der Waals surface area (Å²) in [6.45, 7) is 0. The summed E-state index contributed by atoms with van der Waals surface area (Å²) in [4.78, 5) is 4.20. The number of hydrogen-bond donors (Lipinski definition) is 2. The second-order valence-electron chi connectivity index (χ2n) is 5.26. The van der Waals surface area contributed by atoms with E-state index in [4.69, 9.17) is 0 Å². The molecule has 0 aliphatic carbocycles. The van der Waals surface area contributed by atoms with Gasteiger partial charge >= 0.3 is 0 Å². The molecular formula is C18H15NO5S. The predicted molar refractivity (Wildman–Crippen MR) is 95.2 cm³/mol. The molecule has 25 heavy (non-hydrogen) atoms. The number of benzene rings is 3. The molecule has 0 fully saturated rings. The molecular weight excluding hydrogens is 342 g/mol. The van der Waals surface area contributed by atoms with Crippen LogP contribution in [-0.2, 0) is 14.3 Å². The molecule has 0 spiro atoms. The van der Waals surface area contributed by atoms with E-state index in [-0.39, 0.29) is 22.1 Å². The molecule has 0 amide bonds. The van der Waals surface area contributed by atoms with Gasteiger partial charge in [-0.15, -0.1) is 0 Å². The van der Waals surface area contributed by atoms with Crippen LogP contribution in [0, 0.1) is 0 Å². The lowest BCUT2D eigenvalue weighted by Crippen LogP contribution is -2.02. The van der Waals surface area contributed by atoms with Crippen LogP contribution < -0.4 is 0 Å². The first kappa shape index (κ1) is 16.9. The van der Waals surface area contributed by atoms with Gasteiger partial charge in [0.25, 0.3) is 10.1 Å². The largest absolute Gasteiger partial charge is 0.507 e. The first-order chi connectivity index (χ1) is 11.9. The van der Waals surface area contributed by atoms with Crippen molar-refractivity contribution in [2.45, 2.75) is 4.90 Å². The molecule has 3 rings (SSSR count). The fourth-order valence-corrected chi connectivity index (χ4v) is 3.16. The van der Waals surface area contributed by atoms with Crippen LogP contribution in [0.3, 0.4) is 0 Å². The molecule has 0 radical (unpaired) electrons. The van der Waals surface area contributed by atoms with Crippen LogP contribution in [0.15, 0.2) is 64.5 Å². The van der Waals surface area contributed by atoms with Crippen molar-refractivity contribution in [1.82, 2.24) is 0 Å². The fourth-order valence-electron chi connectivity index (χ4n) is 2.44. The minimum Gasteiger partial charge on any atom is -0.507 e. The van der Waals surface area contributed by atoms with E-state index >= 15 is 0 Å². The zero-order chi connectivity index (χ0) is 18.0. The molecule has 0 atom stereocenters. The summed E-state index contributed by atoms with van der Waals surface area (Å²) in [5.74, 6) is 0.0174. The van der Waals surface area contributed by atoms with E-state index in [2.05, 4.69) is 9.18 Å². The Morgan fingerprint density at radius 2 is 1.72 bits per heavy atom. The molecule has 0 unspecified atom stereocenters. The molecule has 0 saturated heterocycles. The second kappa shape index (κ2) is 6.54. The van der Waals surface area contributed by atoms with Gasteiger partial charge in [0, 0.05) is 17.2 Å². The Morgan fingerprint density at radius 3 is 2.44 bits per heavy atom. The van der Waals surface area contributed by atoms with E-state index in [1.807, 2.05) is 0 Å². The summed E-state index contributed by atoms with van der Waals surface area (Å²) in [5, 5.41) is 20.9. The number of phenols is 2. The molecule has 0 saturated carbocycles. The summed E-state index contributed by atoms with van der Waals surface area (Å²) in [6, 6.07) is 14.1. The lowest BCUT2D eigenvalue weighted by Gasteiger charge is -2.08. The van der Waals surface area contributed by atoms with Gasteiger partial charge < -0.3 is 10.2 Å². The summed E-state index contributed by atoms with van der Waals surface area (Å²) >= 11 is 0. The van der Waals surface area contributed by atoms with E-state index < -0.39 is 10.1 Å². The van der Waals surface area contributed by atoms with Gasteiger partial charge in [-0.3, -0.25) is 9.18 Å². The van der Waals surface area contributed by atoms with Crippen LogP contribution in [0.2, 0.25) is 0 Å². The molecule has 7 heteroatoms. The van der Waals surface area contributed by atoms with E-state index in [1.54, 1.807) is 30.3 Å². The first-order valence-electron chi connectivity index (χ1n) is 7.31. The number of nitrogens with zero attached hydrogens (tertiary/aromatic N) is 1. The molecule has 0 heterocycles. The molecule has 2 N–H and O–H groups in total. The van der Waals surface area contributed by atoms with Gasteiger partial charge in [0.1, 0.15) is 11.5 Å². The standard InChI is InChI=1S/C18H15NO5S/c1-24-25(22,23)14-9-12-6-4-8-17(21)18(12)15(10-14)19-11-13-5-2-3-7-16(13)20/h2-11,20-21H,1H3. The summed E-state index contributed by atoms with van der Waals surface area (Å²) in [7, 11) is -2.84. The number of aliphatic imine (C=N–C) groups is 1. The summed E-state index contributed by atoms with van der Waals surface area (Å²) in [6.07, 6.45) is 1.40. The quantitative estimate of drug-likeness (QED) is 0.551. The molecule has 0 aliphatic rings. The van der Waals surface area contributed by atoms with Crippen LogP contribution in [0.5, 0.6) is 11.5 Å². The molecule has 6 nitrogen and oxygen atoms in total. The Labute approximate surface area is 144 Å². The number of fused-ring (bicyclic) bond motifs is 1. The number of hydrogen-bond acceptors (Lipinski definition) is 6. The maximum absolute atomic E-state index is 12.0. The Hall–Kier alpha value is -2.90. The Kier molecular flexibility index (Phi) is 4.43. The smallest absolute Gasteiger partial charge is 0.296 e. The average molecular weight is 357 g/mol. The average Bonchev–Trinajstić information content (AvgIpc) is 2.60. The van der Waals surface area contributed by atoms with Crippen LogP contribution in [0.1, 0.15) is 5.56 Å². The molecule has 0 bridgehead atoms. The highest BCUT2D eigenvalue weighted by Gasteiger charge is 2.17. The third-order valence-electron chi connectivity index (χ3n) is 3.70. The highest BCUT2D eigenvalue weighted by Crippen LogP contribution is 2.36. The van der Waals surface area contributed by atoms with Gasteiger partial charge in [0.15, 0.2) is 0 Å². The summed E-state index contributed by atoms with van der Waals surface area (Å²) < 4.78 is 28.6. The van der Waals surface area contributed by atoms with Crippen molar-refractivity contribution in [2.24, 2.45) is 4.99 Å². The Bertz CT molecular complexity index is 1070. The molecule has 0 aromatic heterocycles. The van der Waals surface area contributed by atoms with E-state index in [9.17, 15) is 18.6 Å². The van der Waals surface area contributed by atoms with Crippen molar-refractivity contribution >= 4 is 32.8 Å². The van der Waals surface area contributed by atoms with Crippen molar-refractivity contribution in [2.75, 3.05) is 7.11 Å². The number of phenolic OH excluding ortho intramolecular Hbond substituents is 2. The van der Waals surface area contributed by atoms with Crippen molar-refractivity contribution < 1.29 is 22.8 Å². The molecule has 3 aromatic rings. The normalized spacial score (nSPS) is 12.0. The van der Waals surface area contributed by atoms with E-state index in [0.717, 1.165) is 7.11 Å². The number of rotatable bonds is 4. The highest BCUT2D eigenvalue weighted by atomic mass is 32.2. The van der Waals surface area contributed by atoms with Gasteiger partial charge in [-0.1, -0.05) is 24.3 Å². The zero-order valence-corrected chi connectivity index (χ0v) is 14.1. The Morgan fingerprint density at radius 1 is 1.00 bits per heavy atom. The second-order valence-corrected chi connectivity index (χ2v) is 6.97.